The van der Waals surface area contributed by atoms with Crippen LogP contribution in [0.5, 0.6) is 0 Å². The van der Waals surface area contributed by atoms with E-state index in [4.69, 9.17) is 0 Å². The van der Waals surface area contributed by atoms with Gasteiger partial charge in [-0.3, -0.25) is 14.9 Å². The van der Waals surface area contributed by atoms with E-state index in [1.807, 2.05) is 19.3 Å². The van der Waals surface area contributed by atoms with Gasteiger partial charge in [-0.15, -0.1) is 0 Å². The van der Waals surface area contributed by atoms with E-state index in [1.165, 1.54) is 5.56 Å². The van der Waals surface area contributed by atoms with E-state index >= 15 is 0 Å². The van der Waals surface area contributed by atoms with Gasteiger partial charge in [-0.05, 0) is 12.5 Å². The first-order chi connectivity index (χ1) is 9.81. The minimum absolute atomic E-state index is 0.406. The molecule has 1 N–H and O–H groups in total. The predicted molar refractivity (Wildman–Crippen MR) is 79.2 cm³/mol. The monoisotopic (exact) mass is 268 g/mol. The van der Waals surface area contributed by atoms with E-state index in [2.05, 4.69) is 50.5 Å². The summed E-state index contributed by atoms with van der Waals surface area (Å²) in [6, 6.07) is 11.0. The van der Waals surface area contributed by atoms with Crippen LogP contribution < -0.4 is 5.32 Å². The van der Waals surface area contributed by atoms with E-state index < -0.39 is 0 Å². The summed E-state index contributed by atoms with van der Waals surface area (Å²) in [7, 11) is 0. The van der Waals surface area contributed by atoms with Gasteiger partial charge in [0.15, 0.2) is 0 Å². The lowest BCUT2D eigenvalue weighted by Gasteiger charge is -2.33. The number of hydrogen-bond donors (Lipinski definition) is 1. The van der Waals surface area contributed by atoms with E-state index in [1.54, 1.807) is 0 Å². The number of benzene rings is 1. The molecule has 2 heterocycles. The van der Waals surface area contributed by atoms with Crippen molar-refractivity contribution in [3.05, 3.63) is 59.7 Å². The molecule has 1 aromatic carbocycles. The zero-order valence-corrected chi connectivity index (χ0v) is 11.8. The molecule has 1 aliphatic heterocycles. The van der Waals surface area contributed by atoms with Crippen LogP contribution in [0.25, 0.3) is 0 Å². The van der Waals surface area contributed by atoms with Crippen molar-refractivity contribution in [2.45, 2.75) is 19.5 Å². The average molecular weight is 268 g/mol. The van der Waals surface area contributed by atoms with Gasteiger partial charge in [0, 0.05) is 44.6 Å². The van der Waals surface area contributed by atoms with E-state index in [0.717, 1.165) is 37.6 Å². The minimum atomic E-state index is 0.406. The van der Waals surface area contributed by atoms with Gasteiger partial charge < -0.3 is 5.32 Å². The summed E-state index contributed by atoms with van der Waals surface area (Å²) in [4.78, 5) is 11.2. The van der Waals surface area contributed by atoms with Crippen LogP contribution in [0.3, 0.4) is 0 Å². The topological polar surface area (TPSA) is 41.1 Å². The maximum atomic E-state index is 4.45. The highest BCUT2D eigenvalue weighted by Gasteiger charge is 2.20. The van der Waals surface area contributed by atoms with Crippen molar-refractivity contribution in [1.82, 2.24) is 20.2 Å². The first-order valence-corrected chi connectivity index (χ1v) is 7.09. The molecule has 1 aromatic heterocycles. The molecule has 0 radical (unpaired) electrons. The number of piperazine rings is 1. The molecular formula is C16H20N4. The normalized spacial score (nSPS) is 19.9. The van der Waals surface area contributed by atoms with E-state index in [9.17, 15) is 0 Å². The Hall–Kier alpha value is -1.78. The highest BCUT2D eigenvalue weighted by Crippen LogP contribution is 2.17. The molecule has 3 rings (SSSR count). The SMILES string of the molecule is Cc1cnc(CN2CCNC(c3ccccc3)C2)cn1. The molecule has 4 heteroatoms. The van der Waals surface area contributed by atoms with Crippen LogP contribution in [0.15, 0.2) is 42.7 Å². The molecule has 0 aliphatic carbocycles. The largest absolute Gasteiger partial charge is 0.308 e. The van der Waals surface area contributed by atoms with Crippen LogP contribution >= 0.6 is 0 Å². The van der Waals surface area contributed by atoms with Crippen LogP contribution in [0.1, 0.15) is 23.0 Å². The highest BCUT2D eigenvalue weighted by molar-refractivity contribution is 5.19. The van der Waals surface area contributed by atoms with E-state index in [0.29, 0.717) is 6.04 Å². The van der Waals surface area contributed by atoms with Gasteiger partial charge in [0.1, 0.15) is 0 Å². The number of aryl methyl sites for hydroxylation is 1. The number of nitrogens with one attached hydrogen (secondary N) is 1. The highest BCUT2D eigenvalue weighted by atomic mass is 15.2. The predicted octanol–water partition coefficient (Wildman–Crippen LogP) is 1.93. The Kier molecular flexibility index (Phi) is 4.04. The first kappa shape index (κ1) is 13.2. The van der Waals surface area contributed by atoms with Crippen molar-refractivity contribution < 1.29 is 0 Å². The quantitative estimate of drug-likeness (QED) is 0.923. The molecule has 20 heavy (non-hydrogen) atoms. The average Bonchev–Trinajstić information content (AvgIpc) is 2.51. The van der Waals surface area contributed by atoms with Crippen LogP contribution in [0.2, 0.25) is 0 Å². The fraction of sp³-hybridized carbons (Fsp3) is 0.375. The summed E-state index contributed by atoms with van der Waals surface area (Å²) in [5.74, 6) is 0. The summed E-state index contributed by atoms with van der Waals surface area (Å²) in [5, 5.41) is 3.58. The second-order valence-electron chi connectivity index (χ2n) is 5.30. The van der Waals surface area contributed by atoms with Gasteiger partial charge in [-0.1, -0.05) is 30.3 Å². The lowest BCUT2D eigenvalue weighted by atomic mass is 10.0. The Morgan fingerprint density at radius 1 is 1.20 bits per heavy atom. The third-order valence-corrected chi connectivity index (χ3v) is 3.68. The summed E-state index contributed by atoms with van der Waals surface area (Å²) in [5.41, 5.74) is 3.37. The molecule has 4 nitrogen and oxygen atoms in total. The zero-order chi connectivity index (χ0) is 13.8. The van der Waals surface area contributed by atoms with Crippen LogP contribution in [0.4, 0.5) is 0 Å². The second-order valence-corrected chi connectivity index (χ2v) is 5.30. The van der Waals surface area contributed by atoms with Crippen molar-refractivity contribution in [2.24, 2.45) is 0 Å². The Morgan fingerprint density at radius 2 is 2.05 bits per heavy atom. The Morgan fingerprint density at radius 3 is 2.80 bits per heavy atom. The molecule has 1 fully saturated rings. The fourth-order valence-corrected chi connectivity index (χ4v) is 2.59. The summed E-state index contributed by atoms with van der Waals surface area (Å²) in [6.07, 6.45) is 3.72. The lowest BCUT2D eigenvalue weighted by Crippen LogP contribution is -2.45. The summed E-state index contributed by atoms with van der Waals surface area (Å²) < 4.78 is 0. The molecule has 2 aromatic rings. The molecule has 0 saturated carbocycles. The lowest BCUT2D eigenvalue weighted by molar-refractivity contribution is 0.191. The molecular weight excluding hydrogens is 248 g/mol. The molecule has 1 saturated heterocycles. The zero-order valence-electron chi connectivity index (χ0n) is 11.8. The van der Waals surface area contributed by atoms with Crippen molar-refractivity contribution >= 4 is 0 Å². The number of rotatable bonds is 3. The molecule has 0 bridgehead atoms. The molecule has 1 unspecified atom stereocenters. The van der Waals surface area contributed by atoms with Crippen LogP contribution in [-0.2, 0) is 6.54 Å². The Labute approximate surface area is 119 Å². The molecule has 0 amide bonds. The van der Waals surface area contributed by atoms with Crippen LogP contribution in [0, 0.1) is 6.92 Å². The maximum absolute atomic E-state index is 4.45. The third-order valence-electron chi connectivity index (χ3n) is 3.68. The molecule has 1 atom stereocenters. The van der Waals surface area contributed by atoms with Crippen molar-refractivity contribution in [1.29, 1.82) is 0 Å². The molecule has 1 aliphatic rings. The second kappa shape index (κ2) is 6.11. The molecule has 104 valence electrons. The third kappa shape index (κ3) is 3.21. The van der Waals surface area contributed by atoms with Crippen LogP contribution in [-0.4, -0.2) is 34.5 Å². The van der Waals surface area contributed by atoms with E-state index in [-0.39, 0.29) is 0 Å². The number of hydrogen-bond acceptors (Lipinski definition) is 4. The Balaban J connectivity index is 1.65. The van der Waals surface area contributed by atoms with Gasteiger partial charge in [0.25, 0.3) is 0 Å². The van der Waals surface area contributed by atoms with Crippen molar-refractivity contribution in [3.63, 3.8) is 0 Å². The van der Waals surface area contributed by atoms with Gasteiger partial charge in [0.05, 0.1) is 11.4 Å². The summed E-state index contributed by atoms with van der Waals surface area (Å²) in [6.45, 7) is 5.92. The maximum Gasteiger partial charge on any atom is 0.0727 e. The standard InChI is InChI=1S/C16H20N4/c1-13-9-19-15(10-18-13)11-20-8-7-17-16(12-20)14-5-3-2-4-6-14/h2-6,9-10,16-17H,7-8,11-12H2,1H3. The van der Waals surface area contributed by atoms with Crippen molar-refractivity contribution in [3.8, 4) is 0 Å². The fourth-order valence-electron chi connectivity index (χ4n) is 2.59. The van der Waals surface area contributed by atoms with Crippen molar-refractivity contribution in [2.75, 3.05) is 19.6 Å². The van der Waals surface area contributed by atoms with Gasteiger partial charge >= 0.3 is 0 Å². The Bertz CT molecular complexity index is 538. The van der Waals surface area contributed by atoms with Gasteiger partial charge in [-0.2, -0.15) is 0 Å². The van der Waals surface area contributed by atoms with Gasteiger partial charge in [0.2, 0.25) is 0 Å². The molecule has 0 spiro atoms. The first-order valence-electron chi connectivity index (χ1n) is 7.09. The number of aromatic nitrogens is 2. The minimum Gasteiger partial charge on any atom is -0.308 e. The van der Waals surface area contributed by atoms with Gasteiger partial charge in [-0.25, -0.2) is 0 Å². The number of nitrogens with zero attached hydrogens (tertiary/aromatic N) is 3. The smallest absolute Gasteiger partial charge is 0.0727 e. The summed E-state index contributed by atoms with van der Waals surface area (Å²) >= 11 is 0.